The van der Waals surface area contributed by atoms with Gasteiger partial charge in [-0.2, -0.15) is 0 Å². The van der Waals surface area contributed by atoms with Crippen molar-refractivity contribution in [1.29, 1.82) is 0 Å². The first kappa shape index (κ1) is 10.2. The molecule has 0 aliphatic carbocycles. The normalized spacial score (nSPS) is 17.0. The molecule has 2 N–H and O–H groups in total. The Labute approximate surface area is 90.1 Å². The first-order valence-electron chi connectivity index (χ1n) is 4.69. The van der Waals surface area contributed by atoms with Crippen LogP contribution >= 0.6 is 8.73 Å². The standard InChI is InChI=1S/C9H13N4OP/c1-15-13-3-2-12(9(13)14)8-4-7(10)5-11-6-8/h4-6,15H,2-3,10H2,1H3. The molecule has 1 atom stereocenters. The van der Waals surface area contributed by atoms with Crippen LogP contribution in [0.2, 0.25) is 0 Å². The Bertz CT molecular complexity index is 384. The Hall–Kier alpha value is -1.35. The molecule has 2 amide bonds. The number of carbonyl (C=O) groups excluding carboxylic acids is 1. The first-order valence-corrected chi connectivity index (χ1v) is 6.14. The van der Waals surface area contributed by atoms with Crippen molar-refractivity contribution >= 4 is 26.1 Å². The van der Waals surface area contributed by atoms with E-state index < -0.39 is 0 Å². The third-order valence-corrected chi connectivity index (χ3v) is 3.29. The van der Waals surface area contributed by atoms with Gasteiger partial charge in [0.25, 0.3) is 0 Å². The molecule has 6 heteroatoms. The Morgan fingerprint density at radius 3 is 2.87 bits per heavy atom. The van der Waals surface area contributed by atoms with Crippen molar-refractivity contribution in [3.8, 4) is 0 Å². The molecule has 1 aliphatic rings. The minimum absolute atomic E-state index is 0.0447. The fourth-order valence-electron chi connectivity index (χ4n) is 1.58. The van der Waals surface area contributed by atoms with E-state index in [0.717, 1.165) is 12.2 Å². The molecule has 1 saturated heterocycles. The highest BCUT2D eigenvalue weighted by molar-refractivity contribution is 7.35. The summed E-state index contributed by atoms with van der Waals surface area (Å²) in [5.74, 6) is 0. The smallest absolute Gasteiger partial charge is 0.327 e. The minimum atomic E-state index is 0.0447. The minimum Gasteiger partial charge on any atom is -0.397 e. The lowest BCUT2D eigenvalue weighted by Crippen LogP contribution is -2.27. The fourth-order valence-corrected chi connectivity index (χ4v) is 2.21. The van der Waals surface area contributed by atoms with Crippen molar-refractivity contribution in [3.63, 3.8) is 0 Å². The zero-order chi connectivity index (χ0) is 10.8. The summed E-state index contributed by atoms with van der Waals surface area (Å²) in [6, 6.07) is 1.82. The van der Waals surface area contributed by atoms with E-state index in [-0.39, 0.29) is 6.03 Å². The molecule has 80 valence electrons. The number of carbonyl (C=O) groups is 1. The van der Waals surface area contributed by atoms with E-state index in [0.29, 0.717) is 21.0 Å². The number of rotatable bonds is 2. The average Bonchev–Trinajstić information content (AvgIpc) is 2.59. The molecule has 1 aliphatic heterocycles. The summed E-state index contributed by atoms with van der Waals surface area (Å²) in [4.78, 5) is 17.5. The quantitative estimate of drug-likeness (QED) is 0.766. The number of hydrogen-bond acceptors (Lipinski definition) is 3. The van der Waals surface area contributed by atoms with Gasteiger partial charge in [0.05, 0.1) is 17.6 Å². The van der Waals surface area contributed by atoms with Gasteiger partial charge in [-0.3, -0.25) is 9.88 Å². The summed E-state index contributed by atoms with van der Waals surface area (Å²) >= 11 is 0. The Morgan fingerprint density at radius 1 is 1.47 bits per heavy atom. The SMILES string of the molecule is CPN1CCN(c2cncc(N)c2)C1=O. The van der Waals surface area contributed by atoms with E-state index in [9.17, 15) is 4.79 Å². The predicted octanol–water partition coefficient (Wildman–Crippen LogP) is 1.13. The lowest BCUT2D eigenvalue weighted by atomic mass is 10.3. The molecule has 0 saturated carbocycles. The van der Waals surface area contributed by atoms with Gasteiger partial charge >= 0.3 is 6.03 Å². The van der Waals surface area contributed by atoms with Crippen molar-refractivity contribution in [3.05, 3.63) is 18.5 Å². The number of nitrogen functional groups attached to an aromatic ring is 1. The highest BCUT2D eigenvalue weighted by Gasteiger charge is 2.28. The zero-order valence-corrected chi connectivity index (χ0v) is 9.47. The van der Waals surface area contributed by atoms with Gasteiger partial charge < -0.3 is 10.4 Å². The molecule has 0 bridgehead atoms. The zero-order valence-electron chi connectivity index (χ0n) is 8.47. The second kappa shape index (κ2) is 4.03. The van der Waals surface area contributed by atoms with Crippen LogP contribution in [0.3, 0.4) is 0 Å². The number of urea groups is 1. The second-order valence-corrected chi connectivity index (χ2v) is 4.27. The van der Waals surface area contributed by atoms with E-state index in [1.807, 2.05) is 11.3 Å². The molecule has 0 aromatic carbocycles. The van der Waals surface area contributed by atoms with Crippen LogP contribution in [-0.2, 0) is 0 Å². The van der Waals surface area contributed by atoms with Gasteiger partial charge in [0.15, 0.2) is 0 Å². The van der Waals surface area contributed by atoms with Crippen LogP contribution in [0.4, 0.5) is 16.2 Å². The van der Waals surface area contributed by atoms with Crippen LogP contribution < -0.4 is 10.6 Å². The van der Waals surface area contributed by atoms with Crippen LogP contribution in [0, 0.1) is 0 Å². The molecule has 1 aromatic heterocycles. The molecule has 15 heavy (non-hydrogen) atoms. The summed E-state index contributed by atoms with van der Waals surface area (Å²) in [6.45, 7) is 3.49. The third kappa shape index (κ3) is 1.88. The molecule has 1 aromatic rings. The van der Waals surface area contributed by atoms with E-state index in [4.69, 9.17) is 5.73 Å². The topological polar surface area (TPSA) is 62.5 Å². The monoisotopic (exact) mass is 224 g/mol. The second-order valence-electron chi connectivity index (χ2n) is 3.29. The van der Waals surface area contributed by atoms with Gasteiger partial charge in [0.2, 0.25) is 0 Å². The summed E-state index contributed by atoms with van der Waals surface area (Å²) in [5, 5.41) is 0. The van der Waals surface area contributed by atoms with Crippen LogP contribution in [0.1, 0.15) is 0 Å². The third-order valence-electron chi connectivity index (χ3n) is 2.34. The number of nitrogens with two attached hydrogens (primary N) is 1. The summed E-state index contributed by atoms with van der Waals surface area (Å²) < 4.78 is 1.82. The molecular formula is C9H13N4OP. The maximum atomic E-state index is 11.8. The number of hydrogen-bond donors (Lipinski definition) is 1. The number of nitrogens with zero attached hydrogens (tertiary/aromatic N) is 3. The number of pyridine rings is 1. The predicted molar refractivity (Wildman–Crippen MR) is 62.3 cm³/mol. The lowest BCUT2D eigenvalue weighted by molar-refractivity contribution is 0.241. The van der Waals surface area contributed by atoms with E-state index in [1.54, 1.807) is 23.4 Å². The summed E-state index contributed by atoms with van der Waals surface area (Å²) in [7, 11) is 0.510. The molecule has 2 heterocycles. The van der Waals surface area contributed by atoms with Crippen molar-refractivity contribution < 1.29 is 4.79 Å². The molecule has 0 spiro atoms. The van der Waals surface area contributed by atoms with Crippen LogP contribution in [-0.4, -0.2) is 35.4 Å². The average molecular weight is 224 g/mol. The number of anilines is 2. The van der Waals surface area contributed by atoms with Crippen molar-refractivity contribution in [2.24, 2.45) is 0 Å². The number of aromatic nitrogens is 1. The van der Waals surface area contributed by atoms with E-state index >= 15 is 0 Å². The van der Waals surface area contributed by atoms with Gasteiger partial charge in [0.1, 0.15) is 0 Å². The summed E-state index contributed by atoms with van der Waals surface area (Å²) in [6.07, 6.45) is 3.24. The maximum absolute atomic E-state index is 11.8. The largest absolute Gasteiger partial charge is 0.397 e. The van der Waals surface area contributed by atoms with Gasteiger partial charge in [-0.15, -0.1) is 0 Å². The molecule has 2 rings (SSSR count). The Morgan fingerprint density at radius 2 is 2.27 bits per heavy atom. The first-order chi connectivity index (χ1) is 7.22. The number of amides is 2. The molecule has 1 fully saturated rings. The van der Waals surface area contributed by atoms with E-state index in [2.05, 4.69) is 4.98 Å². The van der Waals surface area contributed by atoms with Gasteiger partial charge in [-0.1, -0.05) is 0 Å². The van der Waals surface area contributed by atoms with Gasteiger partial charge in [0, 0.05) is 19.3 Å². The molecular weight excluding hydrogens is 211 g/mol. The fraction of sp³-hybridized carbons (Fsp3) is 0.333. The maximum Gasteiger partial charge on any atom is 0.327 e. The van der Waals surface area contributed by atoms with Crippen LogP contribution in [0.5, 0.6) is 0 Å². The van der Waals surface area contributed by atoms with E-state index in [1.165, 1.54) is 0 Å². The molecule has 5 nitrogen and oxygen atoms in total. The highest BCUT2D eigenvalue weighted by Crippen LogP contribution is 2.26. The Balaban J connectivity index is 2.22. The lowest BCUT2D eigenvalue weighted by Gasteiger charge is -2.16. The molecule has 0 radical (unpaired) electrons. The van der Waals surface area contributed by atoms with Gasteiger partial charge in [-0.25, -0.2) is 4.79 Å². The van der Waals surface area contributed by atoms with Gasteiger partial charge in [-0.05, 0) is 21.5 Å². The van der Waals surface area contributed by atoms with Crippen molar-refractivity contribution in [2.45, 2.75) is 0 Å². The summed E-state index contributed by atoms with van der Waals surface area (Å²) in [5.41, 5.74) is 6.99. The van der Waals surface area contributed by atoms with Crippen molar-refractivity contribution in [1.82, 2.24) is 9.65 Å². The highest BCUT2D eigenvalue weighted by atomic mass is 31.1. The Kier molecular flexibility index (Phi) is 2.73. The van der Waals surface area contributed by atoms with Crippen LogP contribution in [0.25, 0.3) is 0 Å². The molecule has 1 unspecified atom stereocenters. The van der Waals surface area contributed by atoms with Crippen molar-refractivity contribution in [2.75, 3.05) is 30.4 Å². The van der Waals surface area contributed by atoms with Crippen LogP contribution in [0.15, 0.2) is 18.5 Å².